The number of nitrogens with one attached hydrogen (secondary N) is 2. The summed E-state index contributed by atoms with van der Waals surface area (Å²) < 4.78 is 5.51. The Kier molecular flexibility index (Phi) is 2.97. The molecule has 0 aromatic carbocycles. The highest BCUT2D eigenvalue weighted by molar-refractivity contribution is 5.72. The van der Waals surface area contributed by atoms with E-state index in [1.807, 2.05) is 0 Å². The predicted octanol–water partition coefficient (Wildman–Crippen LogP) is 2.13. The summed E-state index contributed by atoms with van der Waals surface area (Å²) >= 11 is 0. The predicted molar refractivity (Wildman–Crippen MR) is 82.9 cm³/mol. The molecule has 2 aromatic heterocycles. The van der Waals surface area contributed by atoms with Crippen LogP contribution in [-0.4, -0.2) is 33.8 Å². The number of aromatic amines is 1. The van der Waals surface area contributed by atoms with Gasteiger partial charge in [-0.1, -0.05) is 13.8 Å². The quantitative estimate of drug-likeness (QED) is 0.908. The Balaban J connectivity index is 1.92. The number of methoxy groups -OCH3 is 1. The summed E-state index contributed by atoms with van der Waals surface area (Å²) in [6, 6.07) is 0. The molecule has 4 rings (SSSR count). The fraction of sp³-hybridized carbons (Fsp3) is 0.562. The first-order valence-corrected chi connectivity index (χ1v) is 7.79. The Labute approximate surface area is 129 Å². The van der Waals surface area contributed by atoms with Crippen LogP contribution in [0.25, 0.3) is 11.3 Å². The molecule has 0 saturated heterocycles. The molecule has 0 radical (unpaired) electrons. The first kappa shape index (κ1) is 13.7. The van der Waals surface area contributed by atoms with Gasteiger partial charge in [0.1, 0.15) is 12.0 Å². The molecule has 22 heavy (non-hydrogen) atoms. The lowest BCUT2D eigenvalue weighted by Crippen LogP contribution is -2.38. The maximum Gasteiger partial charge on any atom is 0.226 e. The van der Waals surface area contributed by atoms with Gasteiger partial charge in [-0.15, -0.1) is 0 Å². The number of fused-ring (bicyclic) bond motifs is 1. The highest BCUT2D eigenvalue weighted by atomic mass is 16.5. The van der Waals surface area contributed by atoms with Gasteiger partial charge in [0, 0.05) is 35.7 Å². The van der Waals surface area contributed by atoms with Gasteiger partial charge in [-0.05, 0) is 12.8 Å². The van der Waals surface area contributed by atoms with Gasteiger partial charge >= 0.3 is 0 Å². The summed E-state index contributed by atoms with van der Waals surface area (Å²) in [6.45, 7) is 6.20. The maximum absolute atomic E-state index is 5.51. The topological polar surface area (TPSA) is 75.7 Å². The summed E-state index contributed by atoms with van der Waals surface area (Å²) in [5.74, 6) is 1.14. The summed E-state index contributed by atoms with van der Waals surface area (Å²) in [4.78, 5) is 8.83. The normalized spacial score (nSPS) is 19.8. The summed E-state index contributed by atoms with van der Waals surface area (Å²) in [6.07, 6.45) is 3.96. The van der Waals surface area contributed by atoms with Crippen LogP contribution < -0.4 is 10.1 Å². The molecule has 116 valence electrons. The summed E-state index contributed by atoms with van der Waals surface area (Å²) in [7, 11) is 1.66. The van der Waals surface area contributed by atoms with E-state index >= 15 is 0 Å². The zero-order chi connectivity index (χ0) is 15.3. The first-order chi connectivity index (χ1) is 10.6. The second-order valence-electron chi connectivity index (χ2n) is 6.83. The molecule has 0 atom stereocenters. The molecule has 0 amide bonds. The SMILES string of the molecule is COc1ncnc(C2CC2)c1-c1n[nH]c2c1CNCC2(C)C. The molecule has 0 unspecified atom stereocenters. The molecule has 2 N–H and O–H groups in total. The molecule has 2 aromatic rings. The van der Waals surface area contributed by atoms with E-state index < -0.39 is 0 Å². The Morgan fingerprint density at radius 2 is 2.09 bits per heavy atom. The molecular formula is C16H21N5O. The zero-order valence-electron chi connectivity index (χ0n) is 13.2. The molecular weight excluding hydrogens is 278 g/mol. The fourth-order valence-electron chi connectivity index (χ4n) is 3.32. The average molecular weight is 299 g/mol. The summed E-state index contributed by atoms with van der Waals surface area (Å²) in [5, 5.41) is 11.4. The number of ether oxygens (including phenoxy) is 1. The molecule has 1 aliphatic heterocycles. The number of H-pyrrole nitrogens is 1. The molecule has 2 aliphatic rings. The van der Waals surface area contributed by atoms with Crippen LogP contribution in [0.5, 0.6) is 5.88 Å². The van der Waals surface area contributed by atoms with Gasteiger partial charge in [0.15, 0.2) is 0 Å². The van der Waals surface area contributed by atoms with E-state index in [2.05, 4.69) is 39.3 Å². The van der Waals surface area contributed by atoms with Crippen molar-refractivity contribution in [3.63, 3.8) is 0 Å². The largest absolute Gasteiger partial charge is 0.480 e. The molecule has 3 heterocycles. The van der Waals surface area contributed by atoms with Gasteiger partial charge < -0.3 is 10.1 Å². The van der Waals surface area contributed by atoms with Crippen molar-refractivity contribution in [2.75, 3.05) is 13.7 Å². The highest BCUT2D eigenvalue weighted by Gasteiger charge is 2.36. The van der Waals surface area contributed by atoms with Crippen LogP contribution >= 0.6 is 0 Å². The third-order valence-electron chi connectivity index (χ3n) is 4.65. The first-order valence-electron chi connectivity index (χ1n) is 7.79. The number of nitrogens with zero attached hydrogens (tertiary/aromatic N) is 3. The Bertz CT molecular complexity index is 717. The second-order valence-corrected chi connectivity index (χ2v) is 6.83. The van der Waals surface area contributed by atoms with Crippen LogP contribution in [0.15, 0.2) is 6.33 Å². The van der Waals surface area contributed by atoms with Crippen LogP contribution in [0, 0.1) is 0 Å². The van der Waals surface area contributed by atoms with Gasteiger partial charge in [-0.25, -0.2) is 9.97 Å². The Morgan fingerprint density at radius 3 is 2.82 bits per heavy atom. The van der Waals surface area contributed by atoms with E-state index in [0.29, 0.717) is 11.8 Å². The third kappa shape index (κ3) is 2.01. The third-order valence-corrected chi connectivity index (χ3v) is 4.65. The van der Waals surface area contributed by atoms with Crippen molar-refractivity contribution in [1.82, 2.24) is 25.5 Å². The lowest BCUT2D eigenvalue weighted by molar-refractivity contribution is 0.397. The molecule has 6 nitrogen and oxygen atoms in total. The smallest absolute Gasteiger partial charge is 0.226 e. The fourth-order valence-corrected chi connectivity index (χ4v) is 3.32. The molecule has 0 spiro atoms. The van der Waals surface area contributed by atoms with Gasteiger partial charge in [0.25, 0.3) is 0 Å². The average Bonchev–Trinajstić information content (AvgIpc) is 3.26. The highest BCUT2D eigenvalue weighted by Crippen LogP contribution is 2.46. The number of hydrogen-bond donors (Lipinski definition) is 2. The number of hydrogen-bond acceptors (Lipinski definition) is 5. The van der Waals surface area contributed by atoms with Gasteiger partial charge in [-0.2, -0.15) is 5.10 Å². The van der Waals surface area contributed by atoms with E-state index in [1.54, 1.807) is 13.4 Å². The van der Waals surface area contributed by atoms with Gasteiger partial charge in [0.2, 0.25) is 5.88 Å². The zero-order valence-corrected chi connectivity index (χ0v) is 13.2. The maximum atomic E-state index is 5.51. The van der Waals surface area contributed by atoms with Crippen LogP contribution in [0.1, 0.15) is 49.6 Å². The van der Waals surface area contributed by atoms with Gasteiger partial charge in [-0.3, -0.25) is 5.10 Å². The van der Waals surface area contributed by atoms with Crippen LogP contribution in [0.2, 0.25) is 0 Å². The van der Waals surface area contributed by atoms with Crippen LogP contribution in [0.4, 0.5) is 0 Å². The molecule has 6 heteroatoms. The standard InChI is InChI=1S/C16H21N5O/c1-16(2)7-17-6-10-13(20-21-14(10)16)11-12(9-4-5-9)18-8-19-15(11)22-3/h8-9,17H,4-7H2,1-3H3,(H,20,21). The van der Waals surface area contributed by atoms with Crippen molar-refractivity contribution >= 4 is 0 Å². The van der Waals surface area contributed by atoms with E-state index in [0.717, 1.165) is 30.0 Å². The van der Waals surface area contributed by atoms with E-state index in [4.69, 9.17) is 4.74 Å². The van der Waals surface area contributed by atoms with Crippen molar-refractivity contribution < 1.29 is 4.74 Å². The van der Waals surface area contributed by atoms with Crippen LogP contribution in [-0.2, 0) is 12.0 Å². The van der Waals surface area contributed by atoms with Crippen LogP contribution in [0.3, 0.4) is 0 Å². The Morgan fingerprint density at radius 1 is 1.27 bits per heavy atom. The Hall–Kier alpha value is -1.95. The minimum absolute atomic E-state index is 0.0431. The molecule has 1 fully saturated rings. The van der Waals surface area contributed by atoms with Crippen molar-refractivity contribution in [2.24, 2.45) is 0 Å². The van der Waals surface area contributed by atoms with Crippen molar-refractivity contribution in [3.05, 3.63) is 23.3 Å². The van der Waals surface area contributed by atoms with Gasteiger partial charge in [0.05, 0.1) is 18.4 Å². The summed E-state index contributed by atoms with van der Waals surface area (Å²) in [5.41, 5.74) is 5.44. The molecule has 0 bridgehead atoms. The van der Waals surface area contributed by atoms with Crippen molar-refractivity contribution in [3.8, 4) is 17.1 Å². The van der Waals surface area contributed by atoms with E-state index in [9.17, 15) is 0 Å². The minimum Gasteiger partial charge on any atom is -0.480 e. The number of rotatable bonds is 3. The van der Waals surface area contributed by atoms with E-state index in [-0.39, 0.29) is 5.41 Å². The lowest BCUT2D eigenvalue weighted by atomic mass is 9.83. The minimum atomic E-state index is 0.0431. The van der Waals surface area contributed by atoms with E-state index in [1.165, 1.54) is 24.1 Å². The molecule has 1 aliphatic carbocycles. The lowest BCUT2D eigenvalue weighted by Gasteiger charge is -2.30. The molecule has 1 saturated carbocycles. The van der Waals surface area contributed by atoms with Crippen molar-refractivity contribution in [2.45, 2.75) is 44.6 Å². The number of aromatic nitrogens is 4. The monoisotopic (exact) mass is 299 g/mol. The van der Waals surface area contributed by atoms with Crippen molar-refractivity contribution in [1.29, 1.82) is 0 Å². The second kappa shape index (κ2) is 4.78.